The molecule has 0 aliphatic carbocycles. The Morgan fingerprint density at radius 3 is 2.60 bits per heavy atom. The summed E-state index contributed by atoms with van der Waals surface area (Å²) in [5, 5.41) is 11.3. The number of carbonyl (C=O) groups excluding carboxylic acids is 1. The van der Waals surface area contributed by atoms with E-state index in [9.17, 15) is 9.59 Å². The first kappa shape index (κ1) is 18.9. The van der Waals surface area contributed by atoms with E-state index in [-0.39, 0.29) is 18.8 Å². The van der Waals surface area contributed by atoms with Crippen molar-refractivity contribution in [3.05, 3.63) is 35.3 Å². The van der Waals surface area contributed by atoms with Crippen LogP contribution in [0.25, 0.3) is 10.6 Å². The number of aliphatic carboxylic acids is 1. The third kappa shape index (κ3) is 5.27. The molecule has 0 radical (unpaired) electrons. The number of ether oxygens (including phenoxy) is 2. The molecule has 0 spiro atoms. The molecular formula is C17H20N2O5S. The summed E-state index contributed by atoms with van der Waals surface area (Å²) in [5.41, 5.74) is 1.10. The molecule has 1 amide bonds. The zero-order valence-electron chi connectivity index (χ0n) is 14.1. The molecule has 134 valence electrons. The molecule has 2 rings (SSSR count). The van der Waals surface area contributed by atoms with Crippen molar-refractivity contribution in [1.82, 2.24) is 9.88 Å². The zero-order valence-corrected chi connectivity index (χ0v) is 14.9. The predicted molar refractivity (Wildman–Crippen MR) is 94.1 cm³/mol. The van der Waals surface area contributed by atoms with Crippen LogP contribution >= 0.6 is 11.3 Å². The smallest absolute Gasteiger partial charge is 0.323 e. The highest BCUT2D eigenvalue weighted by atomic mass is 32.1. The fraction of sp³-hybridized carbons (Fsp3) is 0.353. The van der Waals surface area contributed by atoms with Crippen molar-refractivity contribution in [2.24, 2.45) is 0 Å². The van der Waals surface area contributed by atoms with E-state index in [1.54, 1.807) is 5.38 Å². The van der Waals surface area contributed by atoms with Crippen molar-refractivity contribution in [1.29, 1.82) is 0 Å². The number of carboxylic acids is 1. The molecule has 0 aliphatic rings. The Labute approximate surface area is 149 Å². The third-order valence-electron chi connectivity index (χ3n) is 3.31. The summed E-state index contributed by atoms with van der Waals surface area (Å²) in [5.74, 6) is -0.731. The fourth-order valence-electron chi connectivity index (χ4n) is 2.14. The summed E-state index contributed by atoms with van der Waals surface area (Å²) < 4.78 is 10.3. The summed E-state index contributed by atoms with van der Waals surface area (Å²) in [6.07, 6.45) is 0. The van der Waals surface area contributed by atoms with Gasteiger partial charge in [-0.05, 0) is 31.2 Å². The Morgan fingerprint density at radius 1 is 1.28 bits per heavy atom. The lowest BCUT2D eigenvalue weighted by molar-refractivity contribution is -0.137. The van der Waals surface area contributed by atoms with Crippen LogP contribution in [-0.2, 0) is 9.53 Å². The van der Waals surface area contributed by atoms with Gasteiger partial charge in [-0.1, -0.05) is 0 Å². The lowest BCUT2D eigenvalue weighted by Gasteiger charge is -2.18. The Morgan fingerprint density at radius 2 is 2.00 bits per heavy atom. The number of hydrogen-bond donors (Lipinski definition) is 1. The number of amides is 1. The second-order valence-electron chi connectivity index (χ2n) is 5.11. The van der Waals surface area contributed by atoms with Crippen molar-refractivity contribution in [2.45, 2.75) is 6.92 Å². The van der Waals surface area contributed by atoms with Gasteiger partial charge >= 0.3 is 5.97 Å². The van der Waals surface area contributed by atoms with Gasteiger partial charge in [0.2, 0.25) is 0 Å². The molecule has 1 aromatic heterocycles. The molecule has 0 saturated heterocycles. The molecule has 2 aromatic rings. The standard InChI is InChI=1S/C17H20N2O5S/c1-3-24-13-6-4-12(5-7-13)16-18-14(11-25-16)17(22)19(8-9-23-2)10-15(20)21/h4-7,11H,3,8-10H2,1-2H3,(H,20,21). The Balaban J connectivity index is 2.14. The number of aromatic nitrogens is 1. The third-order valence-corrected chi connectivity index (χ3v) is 4.21. The minimum absolute atomic E-state index is 0.192. The normalized spacial score (nSPS) is 10.5. The van der Waals surface area contributed by atoms with Gasteiger partial charge in [-0.25, -0.2) is 4.98 Å². The molecule has 0 saturated carbocycles. The molecule has 7 nitrogen and oxygen atoms in total. The first-order chi connectivity index (χ1) is 12.0. The molecule has 25 heavy (non-hydrogen) atoms. The minimum atomic E-state index is -1.08. The van der Waals surface area contributed by atoms with Crippen LogP contribution < -0.4 is 4.74 Å². The number of thiazole rings is 1. The summed E-state index contributed by atoms with van der Waals surface area (Å²) in [4.78, 5) is 29.0. The van der Waals surface area contributed by atoms with Crippen LogP contribution in [0.15, 0.2) is 29.6 Å². The van der Waals surface area contributed by atoms with E-state index < -0.39 is 18.4 Å². The van der Waals surface area contributed by atoms with Crippen molar-refractivity contribution in [2.75, 3.05) is 33.4 Å². The van der Waals surface area contributed by atoms with Crippen molar-refractivity contribution >= 4 is 23.2 Å². The van der Waals surface area contributed by atoms with Crippen molar-refractivity contribution in [3.63, 3.8) is 0 Å². The van der Waals surface area contributed by atoms with Crippen LogP contribution in [-0.4, -0.2) is 60.3 Å². The van der Waals surface area contributed by atoms with Gasteiger partial charge in [0.05, 0.1) is 13.2 Å². The quantitative estimate of drug-likeness (QED) is 0.735. The lowest BCUT2D eigenvalue weighted by atomic mass is 10.2. The molecule has 8 heteroatoms. The number of nitrogens with zero attached hydrogens (tertiary/aromatic N) is 2. The van der Waals surface area contributed by atoms with E-state index in [0.717, 1.165) is 11.3 Å². The average molecular weight is 364 g/mol. The van der Waals surface area contributed by atoms with Crippen LogP contribution in [0.5, 0.6) is 5.75 Å². The van der Waals surface area contributed by atoms with E-state index in [1.807, 2.05) is 31.2 Å². The topological polar surface area (TPSA) is 89.0 Å². The monoisotopic (exact) mass is 364 g/mol. The van der Waals surface area contributed by atoms with E-state index >= 15 is 0 Å². The van der Waals surface area contributed by atoms with E-state index in [1.165, 1.54) is 23.3 Å². The Kier molecular flexibility index (Phi) is 6.91. The zero-order chi connectivity index (χ0) is 18.2. The molecule has 0 bridgehead atoms. The Bertz CT molecular complexity index is 714. The maximum Gasteiger partial charge on any atom is 0.323 e. The first-order valence-corrected chi connectivity index (χ1v) is 8.62. The van der Waals surface area contributed by atoms with Crippen LogP contribution in [0.1, 0.15) is 17.4 Å². The van der Waals surface area contributed by atoms with Crippen LogP contribution in [0.2, 0.25) is 0 Å². The predicted octanol–water partition coefficient (Wildman–Crippen LogP) is 2.38. The van der Waals surface area contributed by atoms with E-state index in [4.69, 9.17) is 14.6 Å². The maximum atomic E-state index is 12.5. The fourth-order valence-corrected chi connectivity index (χ4v) is 2.94. The molecule has 0 atom stereocenters. The molecule has 0 unspecified atom stereocenters. The molecule has 1 aromatic carbocycles. The molecule has 1 heterocycles. The molecule has 1 N–H and O–H groups in total. The summed E-state index contributed by atoms with van der Waals surface area (Å²) >= 11 is 1.33. The SMILES string of the molecule is CCOc1ccc(-c2nc(C(=O)N(CCOC)CC(=O)O)cs2)cc1. The van der Waals surface area contributed by atoms with Crippen molar-refractivity contribution < 1.29 is 24.2 Å². The average Bonchev–Trinajstić information content (AvgIpc) is 3.08. The molecule has 0 fully saturated rings. The minimum Gasteiger partial charge on any atom is -0.494 e. The van der Waals surface area contributed by atoms with E-state index in [2.05, 4.69) is 4.98 Å². The van der Waals surface area contributed by atoms with Crippen LogP contribution in [0.3, 0.4) is 0 Å². The second kappa shape index (κ2) is 9.14. The van der Waals surface area contributed by atoms with Gasteiger partial charge in [-0.3, -0.25) is 9.59 Å². The number of methoxy groups -OCH3 is 1. The van der Waals surface area contributed by atoms with Gasteiger partial charge in [0, 0.05) is 24.6 Å². The molecular weight excluding hydrogens is 344 g/mol. The van der Waals surface area contributed by atoms with Gasteiger partial charge in [0.1, 0.15) is 23.0 Å². The first-order valence-electron chi connectivity index (χ1n) is 7.74. The highest BCUT2D eigenvalue weighted by Crippen LogP contribution is 2.26. The largest absolute Gasteiger partial charge is 0.494 e. The Hall–Kier alpha value is -2.45. The number of rotatable bonds is 9. The summed E-state index contributed by atoms with van der Waals surface area (Å²) in [6.45, 7) is 2.57. The summed E-state index contributed by atoms with van der Waals surface area (Å²) in [7, 11) is 1.50. The second-order valence-corrected chi connectivity index (χ2v) is 5.97. The van der Waals surface area contributed by atoms with Gasteiger partial charge < -0.3 is 19.5 Å². The maximum absolute atomic E-state index is 12.5. The number of carbonyl (C=O) groups is 2. The number of carboxylic acid groups (broad SMARTS) is 1. The molecule has 0 aliphatic heterocycles. The lowest BCUT2D eigenvalue weighted by Crippen LogP contribution is -2.38. The number of benzene rings is 1. The van der Waals surface area contributed by atoms with Gasteiger partial charge in [0.15, 0.2) is 0 Å². The van der Waals surface area contributed by atoms with Gasteiger partial charge in [0.25, 0.3) is 5.91 Å². The van der Waals surface area contributed by atoms with E-state index in [0.29, 0.717) is 11.6 Å². The van der Waals surface area contributed by atoms with Crippen molar-refractivity contribution in [3.8, 4) is 16.3 Å². The van der Waals surface area contributed by atoms with Crippen LogP contribution in [0.4, 0.5) is 0 Å². The number of hydrogen-bond acceptors (Lipinski definition) is 6. The van der Waals surface area contributed by atoms with Gasteiger partial charge in [-0.15, -0.1) is 11.3 Å². The van der Waals surface area contributed by atoms with Gasteiger partial charge in [-0.2, -0.15) is 0 Å². The highest BCUT2D eigenvalue weighted by molar-refractivity contribution is 7.13. The highest BCUT2D eigenvalue weighted by Gasteiger charge is 2.21. The van der Waals surface area contributed by atoms with Crippen LogP contribution in [0, 0.1) is 0 Å². The summed E-state index contributed by atoms with van der Waals surface area (Å²) in [6, 6.07) is 7.43.